The number of halogens is 1. The first-order valence-corrected chi connectivity index (χ1v) is 9.80. The molecule has 7 heteroatoms. The van der Waals surface area contributed by atoms with E-state index in [1.165, 1.54) is 25.7 Å². The van der Waals surface area contributed by atoms with E-state index in [2.05, 4.69) is 6.92 Å². The molecule has 1 saturated carbocycles. The molecule has 0 radical (unpaired) electrons. The van der Waals surface area contributed by atoms with E-state index < -0.39 is 10.2 Å². The monoisotopic (exact) mass is 351 g/mol. The maximum atomic E-state index is 12.9. The number of nitrogens with zero attached hydrogens (tertiary/aromatic N) is 2. The van der Waals surface area contributed by atoms with E-state index >= 15 is 0 Å². The Morgan fingerprint density at radius 2 is 1.77 bits per heavy atom. The molecular formula is C15H30ClN3O2S. The highest BCUT2D eigenvalue weighted by Crippen LogP contribution is 2.38. The first-order valence-electron chi connectivity index (χ1n) is 8.40. The summed E-state index contributed by atoms with van der Waals surface area (Å²) in [5.41, 5.74) is 5.76. The van der Waals surface area contributed by atoms with Gasteiger partial charge in [0.1, 0.15) is 0 Å². The van der Waals surface area contributed by atoms with Crippen LogP contribution in [0.3, 0.4) is 0 Å². The van der Waals surface area contributed by atoms with Crippen LogP contribution >= 0.6 is 12.4 Å². The Hall–Kier alpha value is 0.120. The van der Waals surface area contributed by atoms with Crippen molar-refractivity contribution in [2.45, 2.75) is 45.4 Å². The number of piperidine rings is 1. The van der Waals surface area contributed by atoms with Crippen LogP contribution in [0.4, 0.5) is 0 Å². The third-order valence-electron chi connectivity index (χ3n) is 5.92. The standard InChI is InChI=1S/C15H29N3O2S.ClH/c1-15(11-16)7-9-18(12-15)21(19,20)17-8-6-13-4-2-3-5-14(13)10-17;/h13-14H,2-12,16H2,1H3;1H. The summed E-state index contributed by atoms with van der Waals surface area (Å²) in [6.07, 6.45) is 7.03. The molecule has 3 unspecified atom stereocenters. The van der Waals surface area contributed by atoms with Gasteiger partial charge in [-0.2, -0.15) is 17.0 Å². The molecule has 2 N–H and O–H groups in total. The maximum Gasteiger partial charge on any atom is 0.282 e. The van der Waals surface area contributed by atoms with Crippen LogP contribution < -0.4 is 5.73 Å². The summed E-state index contributed by atoms with van der Waals surface area (Å²) < 4.78 is 29.2. The van der Waals surface area contributed by atoms with E-state index in [0.717, 1.165) is 25.3 Å². The fourth-order valence-electron chi connectivity index (χ4n) is 4.28. The lowest BCUT2D eigenvalue weighted by atomic mass is 9.76. The first-order chi connectivity index (χ1) is 9.94. The highest BCUT2D eigenvalue weighted by atomic mass is 35.5. The molecule has 3 fully saturated rings. The minimum absolute atomic E-state index is 0. The van der Waals surface area contributed by atoms with Gasteiger partial charge in [0.2, 0.25) is 0 Å². The second-order valence-corrected chi connectivity index (χ2v) is 9.49. The quantitative estimate of drug-likeness (QED) is 0.843. The number of hydrogen-bond acceptors (Lipinski definition) is 3. The van der Waals surface area contributed by atoms with Gasteiger partial charge in [-0.25, -0.2) is 0 Å². The molecule has 0 amide bonds. The largest absolute Gasteiger partial charge is 0.330 e. The molecular weight excluding hydrogens is 322 g/mol. The molecule has 0 aromatic rings. The van der Waals surface area contributed by atoms with E-state index in [1.54, 1.807) is 8.61 Å². The van der Waals surface area contributed by atoms with E-state index in [-0.39, 0.29) is 17.8 Å². The molecule has 0 bridgehead atoms. The average Bonchev–Trinajstić information content (AvgIpc) is 2.91. The lowest BCUT2D eigenvalue weighted by molar-refractivity contribution is 0.131. The number of rotatable bonds is 3. The SMILES string of the molecule is CC1(CN)CCN(S(=O)(=O)N2CCC3CCCCC3C2)C1.Cl. The van der Waals surface area contributed by atoms with Crippen LogP contribution in [0.15, 0.2) is 0 Å². The van der Waals surface area contributed by atoms with Gasteiger partial charge in [-0.1, -0.05) is 26.2 Å². The van der Waals surface area contributed by atoms with Crippen molar-refractivity contribution in [1.82, 2.24) is 8.61 Å². The lowest BCUT2D eigenvalue weighted by Gasteiger charge is -2.41. The summed E-state index contributed by atoms with van der Waals surface area (Å²) in [5.74, 6) is 1.35. The van der Waals surface area contributed by atoms with Crippen molar-refractivity contribution in [3.8, 4) is 0 Å². The van der Waals surface area contributed by atoms with Crippen LogP contribution in [0.25, 0.3) is 0 Å². The van der Waals surface area contributed by atoms with Crippen molar-refractivity contribution < 1.29 is 8.42 Å². The predicted octanol–water partition coefficient (Wildman–Crippen LogP) is 1.84. The summed E-state index contributed by atoms with van der Waals surface area (Å²) in [6, 6.07) is 0. The van der Waals surface area contributed by atoms with E-state index in [9.17, 15) is 8.42 Å². The van der Waals surface area contributed by atoms with E-state index in [4.69, 9.17) is 5.73 Å². The summed E-state index contributed by atoms with van der Waals surface area (Å²) in [7, 11) is -3.28. The van der Waals surface area contributed by atoms with Gasteiger partial charge in [0.15, 0.2) is 0 Å². The highest BCUT2D eigenvalue weighted by molar-refractivity contribution is 7.86. The van der Waals surface area contributed by atoms with Crippen molar-refractivity contribution >= 4 is 22.6 Å². The maximum absolute atomic E-state index is 12.9. The van der Waals surface area contributed by atoms with E-state index in [0.29, 0.717) is 32.1 Å². The Morgan fingerprint density at radius 1 is 1.09 bits per heavy atom. The molecule has 0 aromatic heterocycles. The molecule has 2 saturated heterocycles. The van der Waals surface area contributed by atoms with Crippen LogP contribution in [-0.4, -0.2) is 49.8 Å². The van der Waals surface area contributed by atoms with Crippen molar-refractivity contribution in [2.24, 2.45) is 23.0 Å². The average molecular weight is 352 g/mol. The number of nitrogens with two attached hydrogens (primary N) is 1. The third-order valence-corrected chi connectivity index (χ3v) is 7.87. The number of fused-ring (bicyclic) bond motifs is 1. The number of hydrogen-bond donors (Lipinski definition) is 1. The Balaban J connectivity index is 0.00000176. The highest BCUT2D eigenvalue weighted by Gasteiger charge is 2.43. The van der Waals surface area contributed by atoms with Crippen LogP contribution in [-0.2, 0) is 10.2 Å². The topological polar surface area (TPSA) is 66.6 Å². The smallest absolute Gasteiger partial charge is 0.282 e. The summed E-state index contributed by atoms with van der Waals surface area (Å²) >= 11 is 0. The molecule has 3 rings (SSSR count). The molecule has 1 aliphatic carbocycles. The van der Waals surface area contributed by atoms with Gasteiger partial charge in [-0.3, -0.25) is 0 Å². The van der Waals surface area contributed by atoms with Crippen molar-refractivity contribution in [3.63, 3.8) is 0 Å². The Labute approximate surface area is 141 Å². The molecule has 5 nitrogen and oxygen atoms in total. The Morgan fingerprint density at radius 3 is 2.41 bits per heavy atom. The Kier molecular flexibility index (Phi) is 5.82. The zero-order valence-electron chi connectivity index (χ0n) is 13.5. The van der Waals surface area contributed by atoms with Gasteiger partial charge in [-0.05, 0) is 43.1 Å². The Bertz CT molecular complexity index is 487. The van der Waals surface area contributed by atoms with Gasteiger partial charge < -0.3 is 5.73 Å². The minimum atomic E-state index is -3.28. The van der Waals surface area contributed by atoms with Crippen LogP contribution in [0.2, 0.25) is 0 Å². The van der Waals surface area contributed by atoms with Crippen molar-refractivity contribution in [3.05, 3.63) is 0 Å². The molecule has 130 valence electrons. The zero-order chi connectivity index (χ0) is 15.1. The summed E-state index contributed by atoms with van der Waals surface area (Å²) in [5, 5.41) is 0. The van der Waals surface area contributed by atoms with Crippen LogP contribution in [0.5, 0.6) is 0 Å². The predicted molar refractivity (Wildman–Crippen MR) is 91.2 cm³/mol. The lowest BCUT2D eigenvalue weighted by Crippen LogP contribution is -2.50. The van der Waals surface area contributed by atoms with Gasteiger partial charge in [0.05, 0.1) is 0 Å². The summed E-state index contributed by atoms with van der Waals surface area (Å²) in [4.78, 5) is 0. The molecule has 0 aromatic carbocycles. The molecule has 2 aliphatic heterocycles. The van der Waals surface area contributed by atoms with E-state index in [1.807, 2.05) is 0 Å². The fourth-order valence-corrected chi connectivity index (χ4v) is 6.12. The molecule has 3 aliphatic rings. The van der Waals surface area contributed by atoms with Crippen LogP contribution in [0.1, 0.15) is 45.4 Å². The van der Waals surface area contributed by atoms with Gasteiger partial charge in [0.25, 0.3) is 10.2 Å². The summed E-state index contributed by atoms with van der Waals surface area (Å²) in [6.45, 7) is 5.30. The molecule has 3 atom stereocenters. The third kappa shape index (κ3) is 3.46. The minimum Gasteiger partial charge on any atom is -0.330 e. The zero-order valence-corrected chi connectivity index (χ0v) is 15.2. The van der Waals surface area contributed by atoms with Crippen LogP contribution in [0, 0.1) is 17.3 Å². The first kappa shape index (κ1) is 18.5. The molecule has 0 spiro atoms. The molecule has 2 heterocycles. The van der Waals surface area contributed by atoms with Gasteiger partial charge in [-0.15, -0.1) is 12.4 Å². The normalized spacial score (nSPS) is 37.5. The molecule has 22 heavy (non-hydrogen) atoms. The fraction of sp³-hybridized carbons (Fsp3) is 1.00. The van der Waals surface area contributed by atoms with Crippen molar-refractivity contribution in [2.75, 3.05) is 32.7 Å². The van der Waals surface area contributed by atoms with Crippen molar-refractivity contribution in [1.29, 1.82) is 0 Å². The second kappa shape index (κ2) is 6.93. The van der Waals surface area contributed by atoms with Gasteiger partial charge >= 0.3 is 0 Å². The second-order valence-electron chi connectivity index (χ2n) is 7.56. The van der Waals surface area contributed by atoms with Gasteiger partial charge in [0, 0.05) is 26.2 Å².